The van der Waals surface area contributed by atoms with E-state index in [9.17, 15) is 9.90 Å². The van der Waals surface area contributed by atoms with Crippen molar-refractivity contribution in [2.45, 2.75) is 26.3 Å². The van der Waals surface area contributed by atoms with Crippen LogP contribution in [0.2, 0.25) is 0 Å². The van der Waals surface area contributed by atoms with Crippen molar-refractivity contribution in [3.8, 4) is 0 Å². The summed E-state index contributed by atoms with van der Waals surface area (Å²) in [4.78, 5) is 12.1. The van der Waals surface area contributed by atoms with E-state index in [-0.39, 0.29) is 5.56 Å². The van der Waals surface area contributed by atoms with Gasteiger partial charge in [-0.05, 0) is 18.1 Å². The monoisotopic (exact) mass is 221 g/mol. The SMILES string of the molecule is CCCC[NH+](C)Cc1cccc(C(=O)[O-])c1. The number of aromatic carboxylic acids is 1. The lowest BCUT2D eigenvalue weighted by Gasteiger charge is -2.14. The molecule has 88 valence electrons. The van der Waals surface area contributed by atoms with Gasteiger partial charge in [-0.1, -0.05) is 31.5 Å². The van der Waals surface area contributed by atoms with Crippen LogP contribution in [0.1, 0.15) is 35.7 Å². The Hall–Kier alpha value is -1.35. The van der Waals surface area contributed by atoms with Crippen molar-refractivity contribution in [3.63, 3.8) is 0 Å². The molecule has 0 bridgehead atoms. The summed E-state index contributed by atoms with van der Waals surface area (Å²) >= 11 is 0. The maximum absolute atomic E-state index is 10.7. The van der Waals surface area contributed by atoms with Gasteiger partial charge in [0.1, 0.15) is 6.54 Å². The van der Waals surface area contributed by atoms with E-state index in [1.165, 1.54) is 17.7 Å². The second kappa shape index (κ2) is 6.28. The summed E-state index contributed by atoms with van der Waals surface area (Å²) in [6.07, 6.45) is 2.39. The number of unbranched alkanes of at least 4 members (excludes halogenated alkanes) is 1. The Morgan fingerprint density at radius 2 is 2.19 bits per heavy atom. The molecule has 1 N–H and O–H groups in total. The third kappa shape index (κ3) is 4.03. The summed E-state index contributed by atoms with van der Waals surface area (Å²) in [5.74, 6) is -1.10. The molecule has 1 aromatic carbocycles. The molecule has 0 aliphatic rings. The van der Waals surface area contributed by atoms with Gasteiger partial charge in [0, 0.05) is 5.56 Å². The van der Waals surface area contributed by atoms with E-state index in [0.29, 0.717) is 0 Å². The largest absolute Gasteiger partial charge is 0.545 e. The molecule has 16 heavy (non-hydrogen) atoms. The molecule has 0 saturated carbocycles. The topological polar surface area (TPSA) is 44.6 Å². The molecule has 0 aliphatic carbocycles. The molecular weight excluding hydrogens is 202 g/mol. The lowest BCUT2D eigenvalue weighted by atomic mass is 10.1. The molecular formula is C13H19NO2. The zero-order valence-corrected chi connectivity index (χ0v) is 9.95. The van der Waals surface area contributed by atoms with Crippen molar-refractivity contribution in [2.75, 3.05) is 13.6 Å². The van der Waals surface area contributed by atoms with Crippen LogP contribution in [0.5, 0.6) is 0 Å². The molecule has 0 radical (unpaired) electrons. The maximum atomic E-state index is 10.7. The zero-order chi connectivity index (χ0) is 12.0. The first-order valence-electron chi connectivity index (χ1n) is 5.75. The number of rotatable bonds is 6. The van der Waals surface area contributed by atoms with Crippen LogP contribution in [0.25, 0.3) is 0 Å². The summed E-state index contributed by atoms with van der Waals surface area (Å²) in [6, 6.07) is 7.00. The normalized spacial score (nSPS) is 12.4. The number of carboxylic acids is 1. The fourth-order valence-electron chi connectivity index (χ4n) is 1.72. The van der Waals surface area contributed by atoms with E-state index < -0.39 is 5.97 Å². The lowest BCUT2D eigenvalue weighted by Crippen LogP contribution is -3.07. The van der Waals surface area contributed by atoms with Crippen LogP contribution in [-0.4, -0.2) is 19.6 Å². The van der Waals surface area contributed by atoms with Crippen molar-refractivity contribution < 1.29 is 14.8 Å². The summed E-state index contributed by atoms with van der Waals surface area (Å²) < 4.78 is 0. The van der Waals surface area contributed by atoms with Gasteiger partial charge < -0.3 is 14.8 Å². The van der Waals surface area contributed by atoms with Crippen LogP contribution < -0.4 is 10.0 Å². The molecule has 1 aromatic rings. The van der Waals surface area contributed by atoms with Crippen LogP contribution >= 0.6 is 0 Å². The average Bonchev–Trinajstić information content (AvgIpc) is 2.26. The first kappa shape index (κ1) is 12.7. The zero-order valence-electron chi connectivity index (χ0n) is 9.95. The highest BCUT2D eigenvalue weighted by Crippen LogP contribution is 2.02. The van der Waals surface area contributed by atoms with E-state index in [1.807, 2.05) is 6.07 Å². The number of carbonyl (C=O) groups excluding carboxylic acids is 1. The van der Waals surface area contributed by atoms with Gasteiger partial charge in [0.15, 0.2) is 0 Å². The number of benzene rings is 1. The highest BCUT2D eigenvalue weighted by Gasteiger charge is 2.04. The predicted octanol–water partition coefficient (Wildman–Crippen LogP) is -0.135. The second-order valence-corrected chi connectivity index (χ2v) is 4.23. The van der Waals surface area contributed by atoms with E-state index in [1.54, 1.807) is 18.2 Å². The van der Waals surface area contributed by atoms with Crippen molar-refractivity contribution in [1.82, 2.24) is 0 Å². The van der Waals surface area contributed by atoms with E-state index >= 15 is 0 Å². The molecule has 0 spiro atoms. The summed E-state index contributed by atoms with van der Waals surface area (Å²) in [7, 11) is 2.13. The molecule has 0 fully saturated rings. The molecule has 1 unspecified atom stereocenters. The van der Waals surface area contributed by atoms with Crippen LogP contribution in [-0.2, 0) is 6.54 Å². The average molecular weight is 221 g/mol. The van der Waals surface area contributed by atoms with Crippen molar-refractivity contribution in [3.05, 3.63) is 35.4 Å². The van der Waals surface area contributed by atoms with Crippen LogP contribution in [0.4, 0.5) is 0 Å². The third-order valence-electron chi connectivity index (χ3n) is 2.63. The van der Waals surface area contributed by atoms with Gasteiger partial charge in [-0.2, -0.15) is 0 Å². The first-order valence-corrected chi connectivity index (χ1v) is 5.75. The number of quaternary nitrogens is 1. The van der Waals surface area contributed by atoms with Crippen molar-refractivity contribution >= 4 is 5.97 Å². The number of carbonyl (C=O) groups is 1. The molecule has 3 nitrogen and oxygen atoms in total. The minimum absolute atomic E-state index is 0.265. The Bertz CT molecular complexity index is 350. The minimum atomic E-state index is -1.10. The highest BCUT2D eigenvalue weighted by atomic mass is 16.4. The van der Waals surface area contributed by atoms with Crippen molar-refractivity contribution in [1.29, 1.82) is 0 Å². The standard InChI is InChI=1S/C13H19NO2/c1-3-4-8-14(2)10-11-6-5-7-12(9-11)13(15)16/h5-7,9H,3-4,8,10H2,1-2H3,(H,15,16). The summed E-state index contributed by atoms with van der Waals surface area (Å²) in [5, 5.41) is 10.7. The highest BCUT2D eigenvalue weighted by molar-refractivity contribution is 5.85. The molecule has 0 aromatic heterocycles. The molecule has 3 heteroatoms. The summed E-state index contributed by atoms with van der Waals surface area (Å²) in [6.45, 7) is 4.15. The molecule has 0 aliphatic heterocycles. The van der Waals surface area contributed by atoms with Gasteiger partial charge in [-0.25, -0.2) is 0 Å². The Kier molecular flexibility index (Phi) is 4.99. The van der Waals surface area contributed by atoms with Gasteiger partial charge in [0.25, 0.3) is 0 Å². The number of hydrogen-bond acceptors (Lipinski definition) is 2. The van der Waals surface area contributed by atoms with Gasteiger partial charge in [-0.3, -0.25) is 0 Å². The smallest absolute Gasteiger partial charge is 0.103 e. The number of hydrogen-bond donors (Lipinski definition) is 1. The lowest BCUT2D eigenvalue weighted by molar-refractivity contribution is -0.894. The van der Waals surface area contributed by atoms with Crippen LogP contribution in [0, 0.1) is 0 Å². The molecule has 0 amide bonds. The van der Waals surface area contributed by atoms with Gasteiger partial charge in [-0.15, -0.1) is 0 Å². The van der Waals surface area contributed by atoms with E-state index in [0.717, 1.165) is 18.7 Å². The first-order chi connectivity index (χ1) is 7.63. The van der Waals surface area contributed by atoms with E-state index in [2.05, 4.69) is 14.0 Å². The van der Waals surface area contributed by atoms with Gasteiger partial charge in [0.2, 0.25) is 0 Å². The molecule has 0 saturated heterocycles. The Labute approximate surface area is 96.7 Å². The fourth-order valence-corrected chi connectivity index (χ4v) is 1.72. The number of nitrogens with one attached hydrogen (secondary N) is 1. The summed E-state index contributed by atoms with van der Waals surface area (Å²) in [5.41, 5.74) is 1.32. The number of carboxylic acid groups (broad SMARTS) is 1. The van der Waals surface area contributed by atoms with Gasteiger partial charge in [0.05, 0.1) is 19.6 Å². The van der Waals surface area contributed by atoms with E-state index in [4.69, 9.17) is 0 Å². The molecule has 0 heterocycles. The Morgan fingerprint density at radius 3 is 2.81 bits per heavy atom. The fraction of sp³-hybridized carbons (Fsp3) is 0.462. The van der Waals surface area contributed by atoms with Crippen LogP contribution in [0.15, 0.2) is 24.3 Å². The Morgan fingerprint density at radius 1 is 1.44 bits per heavy atom. The Balaban J connectivity index is 2.59. The molecule has 1 rings (SSSR count). The maximum Gasteiger partial charge on any atom is 0.103 e. The van der Waals surface area contributed by atoms with Crippen molar-refractivity contribution in [2.24, 2.45) is 0 Å². The third-order valence-corrected chi connectivity index (χ3v) is 2.63. The quantitative estimate of drug-likeness (QED) is 0.727. The molecule has 1 atom stereocenters. The predicted molar refractivity (Wildman–Crippen MR) is 61.1 cm³/mol. The van der Waals surface area contributed by atoms with Gasteiger partial charge >= 0.3 is 0 Å². The minimum Gasteiger partial charge on any atom is -0.545 e. The van der Waals surface area contributed by atoms with Crippen LogP contribution in [0.3, 0.4) is 0 Å². The second-order valence-electron chi connectivity index (χ2n) is 4.23.